The lowest BCUT2D eigenvalue weighted by atomic mass is 10.1. The molecule has 2 aromatic carbocycles. The molecule has 4 heteroatoms. The second-order valence-corrected chi connectivity index (χ2v) is 6.51. The molecule has 0 aliphatic carbocycles. The lowest BCUT2D eigenvalue weighted by Crippen LogP contribution is -2.23. The predicted octanol–water partition coefficient (Wildman–Crippen LogP) is 4.77. The third-order valence-electron chi connectivity index (χ3n) is 2.75. The van der Waals surface area contributed by atoms with E-state index in [-0.39, 0.29) is 17.1 Å². The molecule has 2 rings (SSSR count). The Morgan fingerprint density at radius 1 is 1.16 bits per heavy atom. The Morgan fingerprint density at radius 3 is 2.53 bits per heavy atom. The van der Waals surface area contributed by atoms with Crippen LogP contribution in [0.4, 0.5) is 4.39 Å². The zero-order chi connectivity index (χ0) is 13.8. The highest BCUT2D eigenvalue weighted by atomic mass is 79.9. The Morgan fingerprint density at radius 2 is 1.89 bits per heavy atom. The van der Waals surface area contributed by atoms with Gasteiger partial charge in [-0.1, -0.05) is 40.2 Å². The minimum Gasteiger partial charge on any atom is -0.327 e. The SMILES string of the molecule is CC(N)C(Sc1cccc(Br)c1)c1ccccc1F. The van der Waals surface area contributed by atoms with Gasteiger partial charge in [-0.2, -0.15) is 0 Å². The summed E-state index contributed by atoms with van der Waals surface area (Å²) >= 11 is 5.02. The average molecular weight is 340 g/mol. The van der Waals surface area contributed by atoms with Crippen molar-refractivity contribution in [2.45, 2.75) is 23.1 Å². The number of rotatable bonds is 4. The van der Waals surface area contributed by atoms with Crippen LogP contribution in [-0.4, -0.2) is 6.04 Å². The summed E-state index contributed by atoms with van der Waals surface area (Å²) in [5, 5.41) is -0.101. The first kappa shape index (κ1) is 14.6. The number of halogens is 2. The van der Waals surface area contributed by atoms with E-state index in [1.54, 1.807) is 23.9 Å². The summed E-state index contributed by atoms with van der Waals surface area (Å²) < 4.78 is 14.9. The molecule has 0 aromatic heterocycles. The van der Waals surface area contributed by atoms with Crippen molar-refractivity contribution in [2.24, 2.45) is 5.73 Å². The van der Waals surface area contributed by atoms with Gasteiger partial charge in [0, 0.05) is 21.0 Å². The van der Waals surface area contributed by atoms with Gasteiger partial charge in [-0.25, -0.2) is 4.39 Å². The van der Waals surface area contributed by atoms with Gasteiger partial charge in [-0.05, 0) is 31.2 Å². The Bertz CT molecular complexity index is 559. The van der Waals surface area contributed by atoms with Crippen LogP contribution in [0.25, 0.3) is 0 Å². The van der Waals surface area contributed by atoms with Crippen molar-refractivity contribution in [3.63, 3.8) is 0 Å². The predicted molar refractivity (Wildman–Crippen MR) is 82.8 cm³/mol. The topological polar surface area (TPSA) is 26.0 Å². The second kappa shape index (κ2) is 6.55. The first-order valence-electron chi connectivity index (χ1n) is 6.00. The number of hydrogen-bond acceptors (Lipinski definition) is 2. The molecule has 0 spiro atoms. The fourth-order valence-electron chi connectivity index (χ4n) is 1.85. The Kier molecular flexibility index (Phi) is 5.02. The summed E-state index contributed by atoms with van der Waals surface area (Å²) in [5.41, 5.74) is 6.68. The molecule has 0 saturated heterocycles. The van der Waals surface area contributed by atoms with E-state index in [1.807, 2.05) is 37.3 Å². The molecule has 2 aromatic rings. The third kappa shape index (κ3) is 3.81. The summed E-state index contributed by atoms with van der Waals surface area (Å²) in [6, 6.07) is 14.6. The smallest absolute Gasteiger partial charge is 0.127 e. The van der Waals surface area contributed by atoms with E-state index in [9.17, 15) is 4.39 Å². The molecule has 0 radical (unpaired) electrons. The molecule has 19 heavy (non-hydrogen) atoms. The highest BCUT2D eigenvalue weighted by Crippen LogP contribution is 2.38. The largest absolute Gasteiger partial charge is 0.327 e. The highest BCUT2D eigenvalue weighted by molar-refractivity contribution is 9.10. The van der Waals surface area contributed by atoms with Crippen LogP contribution in [0.3, 0.4) is 0 Å². The summed E-state index contributed by atoms with van der Waals surface area (Å²) in [5.74, 6) is -0.202. The standard InChI is InChI=1S/C15H15BrFNS/c1-10(18)15(13-7-2-3-8-14(13)17)19-12-6-4-5-11(16)9-12/h2-10,15H,18H2,1H3. The third-order valence-corrected chi connectivity index (χ3v) is 4.70. The van der Waals surface area contributed by atoms with Crippen molar-refractivity contribution in [1.29, 1.82) is 0 Å². The fourth-order valence-corrected chi connectivity index (χ4v) is 3.58. The van der Waals surface area contributed by atoms with Gasteiger partial charge in [0.15, 0.2) is 0 Å². The van der Waals surface area contributed by atoms with E-state index in [1.165, 1.54) is 6.07 Å². The maximum absolute atomic E-state index is 13.9. The zero-order valence-electron chi connectivity index (χ0n) is 10.5. The van der Waals surface area contributed by atoms with E-state index < -0.39 is 0 Å². The molecule has 2 N–H and O–H groups in total. The molecular weight excluding hydrogens is 325 g/mol. The lowest BCUT2D eigenvalue weighted by Gasteiger charge is -2.21. The molecule has 0 aliphatic rings. The quantitative estimate of drug-likeness (QED) is 0.812. The molecule has 0 bridgehead atoms. The van der Waals surface area contributed by atoms with Gasteiger partial charge in [0.25, 0.3) is 0 Å². The van der Waals surface area contributed by atoms with Gasteiger partial charge in [0.05, 0.1) is 5.25 Å². The van der Waals surface area contributed by atoms with Crippen LogP contribution in [0.15, 0.2) is 57.9 Å². The fraction of sp³-hybridized carbons (Fsp3) is 0.200. The van der Waals surface area contributed by atoms with Crippen molar-refractivity contribution in [2.75, 3.05) is 0 Å². The Balaban J connectivity index is 2.29. The summed E-state index contributed by atoms with van der Waals surface area (Å²) in [6.07, 6.45) is 0. The second-order valence-electron chi connectivity index (χ2n) is 4.38. The van der Waals surface area contributed by atoms with E-state index in [2.05, 4.69) is 15.9 Å². The van der Waals surface area contributed by atoms with Gasteiger partial charge in [-0.3, -0.25) is 0 Å². The molecule has 1 nitrogen and oxygen atoms in total. The molecule has 0 saturated carbocycles. The summed E-state index contributed by atoms with van der Waals surface area (Å²) in [7, 11) is 0. The van der Waals surface area contributed by atoms with Crippen LogP contribution >= 0.6 is 27.7 Å². The molecule has 100 valence electrons. The van der Waals surface area contributed by atoms with Crippen molar-refractivity contribution in [3.8, 4) is 0 Å². The molecule has 0 amide bonds. The summed E-state index contributed by atoms with van der Waals surface area (Å²) in [4.78, 5) is 1.07. The van der Waals surface area contributed by atoms with Crippen LogP contribution in [-0.2, 0) is 0 Å². The van der Waals surface area contributed by atoms with E-state index in [4.69, 9.17) is 5.73 Å². The van der Waals surface area contributed by atoms with Gasteiger partial charge in [0.2, 0.25) is 0 Å². The van der Waals surface area contributed by atoms with Crippen LogP contribution in [0.2, 0.25) is 0 Å². The van der Waals surface area contributed by atoms with Gasteiger partial charge in [-0.15, -0.1) is 11.8 Å². The van der Waals surface area contributed by atoms with E-state index >= 15 is 0 Å². The first-order chi connectivity index (χ1) is 9.08. The van der Waals surface area contributed by atoms with Crippen LogP contribution < -0.4 is 5.73 Å². The molecular formula is C15H15BrFNS. The molecule has 0 fully saturated rings. The number of nitrogens with two attached hydrogens (primary N) is 1. The van der Waals surface area contributed by atoms with E-state index in [0.717, 1.165) is 9.37 Å². The van der Waals surface area contributed by atoms with Crippen LogP contribution in [0.5, 0.6) is 0 Å². The number of thioether (sulfide) groups is 1. The normalized spacial score (nSPS) is 14.1. The maximum atomic E-state index is 13.9. The van der Waals surface area contributed by atoms with Gasteiger partial charge < -0.3 is 5.73 Å². The van der Waals surface area contributed by atoms with Crippen LogP contribution in [0, 0.1) is 5.82 Å². The first-order valence-corrected chi connectivity index (χ1v) is 7.67. The monoisotopic (exact) mass is 339 g/mol. The van der Waals surface area contributed by atoms with E-state index in [0.29, 0.717) is 5.56 Å². The van der Waals surface area contributed by atoms with Gasteiger partial charge in [0.1, 0.15) is 5.82 Å². The maximum Gasteiger partial charge on any atom is 0.127 e. The molecule has 0 heterocycles. The van der Waals surface area contributed by atoms with Gasteiger partial charge >= 0.3 is 0 Å². The average Bonchev–Trinajstić information content (AvgIpc) is 2.37. The summed E-state index contributed by atoms with van der Waals surface area (Å²) in [6.45, 7) is 1.90. The minimum atomic E-state index is -0.202. The van der Waals surface area contributed by atoms with Crippen molar-refractivity contribution in [3.05, 3.63) is 64.4 Å². The van der Waals surface area contributed by atoms with Crippen molar-refractivity contribution < 1.29 is 4.39 Å². The van der Waals surface area contributed by atoms with Crippen molar-refractivity contribution >= 4 is 27.7 Å². The van der Waals surface area contributed by atoms with Crippen molar-refractivity contribution in [1.82, 2.24) is 0 Å². The zero-order valence-corrected chi connectivity index (χ0v) is 12.9. The van der Waals surface area contributed by atoms with Crippen LogP contribution in [0.1, 0.15) is 17.7 Å². The minimum absolute atomic E-state index is 0.101. The molecule has 2 unspecified atom stereocenters. The molecule has 0 aliphatic heterocycles. The number of benzene rings is 2. The Hall–Kier alpha value is -0.840. The highest BCUT2D eigenvalue weighted by Gasteiger charge is 2.20. The lowest BCUT2D eigenvalue weighted by molar-refractivity contribution is 0.592. The Labute approximate surface area is 125 Å². The molecule has 2 atom stereocenters. The number of hydrogen-bond donors (Lipinski definition) is 1.